The number of piperidine rings is 1. The van der Waals surface area contributed by atoms with Crippen LogP contribution in [0.5, 0.6) is 5.75 Å². The Morgan fingerprint density at radius 1 is 1.17 bits per heavy atom. The van der Waals surface area contributed by atoms with Crippen LogP contribution < -0.4 is 0 Å². The zero-order valence-electron chi connectivity index (χ0n) is 16.4. The van der Waals surface area contributed by atoms with E-state index in [1.807, 2.05) is 0 Å². The van der Waals surface area contributed by atoms with Crippen LogP contribution in [0, 0.1) is 5.92 Å². The van der Waals surface area contributed by atoms with Crippen LogP contribution >= 0.6 is 0 Å². The van der Waals surface area contributed by atoms with Crippen LogP contribution in [-0.4, -0.2) is 80.6 Å². The van der Waals surface area contributed by atoms with Crippen molar-refractivity contribution in [2.45, 2.75) is 24.7 Å². The fourth-order valence-corrected chi connectivity index (χ4v) is 4.97. The van der Waals surface area contributed by atoms with Crippen molar-refractivity contribution >= 4 is 21.9 Å². The van der Waals surface area contributed by atoms with Gasteiger partial charge in [0.1, 0.15) is 5.75 Å². The lowest BCUT2D eigenvalue weighted by molar-refractivity contribution is -0.149. The molecule has 2 aliphatic rings. The number of likely N-dealkylation sites (tertiary alicyclic amines) is 1. The van der Waals surface area contributed by atoms with E-state index >= 15 is 0 Å². The van der Waals surface area contributed by atoms with E-state index in [4.69, 9.17) is 9.47 Å². The van der Waals surface area contributed by atoms with Gasteiger partial charge in [-0.2, -0.15) is 4.31 Å². The third-order valence-electron chi connectivity index (χ3n) is 5.21. The molecule has 160 valence electrons. The molecule has 10 heteroatoms. The van der Waals surface area contributed by atoms with E-state index in [1.165, 1.54) is 27.4 Å². The van der Waals surface area contributed by atoms with Gasteiger partial charge in [0.25, 0.3) is 5.91 Å². The van der Waals surface area contributed by atoms with Gasteiger partial charge in [-0.3, -0.25) is 9.59 Å². The Morgan fingerprint density at radius 3 is 2.45 bits per heavy atom. The number of hydrogen-bond acceptors (Lipinski definition) is 7. The van der Waals surface area contributed by atoms with Gasteiger partial charge in [0.05, 0.1) is 36.2 Å². The summed E-state index contributed by atoms with van der Waals surface area (Å²) in [4.78, 5) is 26.2. The van der Waals surface area contributed by atoms with Gasteiger partial charge in [-0.25, -0.2) is 8.42 Å². The molecule has 2 heterocycles. The number of morpholine rings is 1. The molecule has 29 heavy (non-hydrogen) atoms. The molecule has 1 aromatic rings. The van der Waals surface area contributed by atoms with E-state index in [0.717, 1.165) is 0 Å². The average Bonchev–Trinajstić information content (AvgIpc) is 2.74. The topological polar surface area (TPSA) is 113 Å². The van der Waals surface area contributed by atoms with Crippen molar-refractivity contribution in [3.05, 3.63) is 23.8 Å². The van der Waals surface area contributed by atoms with Crippen LogP contribution in [0.3, 0.4) is 0 Å². The van der Waals surface area contributed by atoms with Crippen molar-refractivity contribution < 1.29 is 32.6 Å². The summed E-state index contributed by atoms with van der Waals surface area (Å²) in [5.41, 5.74) is -0.0612. The molecule has 2 aliphatic heterocycles. The summed E-state index contributed by atoms with van der Waals surface area (Å²) in [5, 5.41) is 10.2. The van der Waals surface area contributed by atoms with Crippen LogP contribution in [0.15, 0.2) is 23.1 Å². The molecule has 0 spiro atoms. The maximum atomic E-state index is 12.9. The molecule has 0 radical (unpaired) electrons. The second-order valence-electron chi connectivity index (χ2n) is 7.01. The molecule has 1 aromatic carbocycles. The lowest BCUT2D eigenvalue weighted by Crippen LogP contribution is -2.41. The minimum absolute atomic E-state index is 0.0399. The molecular formula is C19H26N2O7S. The second kappa shape index (κ2) is 9.10. The summed E-state index contributed by atoms with van der Waals surface area (Å²) in [6.07, 6.45) is 0.939. The number of esters is 1. The molecule has 9 nitrogen and oxygen atoms in total. The van der Waals surface area contributed by atoms with Crippen LogP contribution in [0.1, 0.15) is 30.1 Å². The molecule has 1 N–H and O–H groups in total. The van der Waals surface area contributed by atoms with E-state index in [-0.39, 0.29) is 41.2 Å². The zero-order chi connectivity index (χ0) is 21.0. The number of nitrogens with zero attached hydrogens (tertiary/aromatic N) is 2. The Hall–Kier alpha value is -2.17. The second-order valence-corrected chi connectivity index (χ2v) is 8.95. The van der Waals surface area contributed by atoms with Gasteiger partial charge in [0, 0.05) is 26.2 Å². The van der Waals surface area contributed by atoms with Gasteiger partial charge in [-0.05, 0) is 38.0 Å². The highest BCUT2D eigenvalue weighted by Gasteiger charge is 2.31. The molecule has 0 atom stereocenters. The van der Waals surface area contributed by atoms with E-state index in [9.17, 15) is 23.1 Å². The van der Waals surface area contributed by atoms with Gasteiger partial charge in [0.15, 0.2) is 0 Å². The fraction of sp³-hybridized carbons (Fsp3) is 0.579. The maximum Gasteiger partial charge on any atom is 0.309 e. The number of carbonyl (C=O) groups is 2. The standard InChI is InChI=1S/C19H26N2O7S/c1-2-28-19(24)14-5-7-20(8-6-14)18(23)16-13-15(3-4-17(16)22)29(25,26)21-9-11-27-12-10-21/h3-4,13-14,22H,2,5-12H2,1H3. The average molecular weight is 426 g/mol. The highest BCUT2D eigenvalue weighted by Crippen LogP contribution is 2.27. The Kier molecular flexibility index (Phi) is 6.76. The van der Waals surface area contributed by atoms with Gasteiger partial charge in [0.2, 0.25) is 10.0 Å². The van der Waals surface area contributed by atoms with Gasteiger partial charge < -0.3 is 19.5 Å². The number of benzene rings is 1. The number of ether oxygens (including phenoxy) is 2. The van der Waals surface area contributed by atoms with E-state index in [0.29, 0.717) is 45.8 Å². The van der Waals surface area contributed by atoms with Crippen molar-refractivity contribution in [2.75, 3.05) is 46.0 Å². The van der Waals surface area contributed by atoms with Crippen molar-refractivity contribution in [3.8, 4) is 5.75 Å². The first kappa shape index (κ1) is 21.5. The molecule has 0 aromatic heterocycles. The van der Waals surface area contributed by atoms with Crippen molar-refractivity contribution in [2.24, 2.45) is 5.92 Å². The monoisotopic (exact) mass is 426 g/mol. The smallest absolute Gasteiger partial charge is 0.309 e. The van der Waals surface area contributed by atoms with Crippen LogP contribution in [-0.2, 0) is 24.3 Å². The first-order valence-corrected chi connectivity index (χ1v) is 11.2. The zero-order valence-corrected chi connectivity index (χ0v) is 17.2. The van der Waals surface area contributed by atoms with Crippen molar-refractivity contribution in [3.63, 3.8) is 0 Å². The fourth-order valence-electron chi connectivity index (χ4n) is 3.53. The molecule has 2 saturated heterocycles. The molecule has 1 amide bonds. The highest BCUT2D eigenvalue weighted by atomic mass is 32.2. The number of sulfonamides is 1. The number of phenolic OH excluding ortho intramolecular Hbond substituents is 1. The Labute approximate surface area is 170 Å². The van der Waals surface area contributed by atoms with Crippen LogP contribution in [0.25, 0.3) is 0 Å². The van der Waals surface area contributed by atoms with Gasteiger partial charge in [-0.1, -0.05) is 0 Å². The van der Waals surface area contributed by atoms with Crippen LogP contribution in [0.4, 0.5) is 0 Å². The number of aromatic hydroxyl groups is 1. The summed E-state index contributed by atoms with van der Waals surface area (Å²) in [6, 6.07) is 3.75. The van der Waals surface area contributed by atoms with E-state index < -0.39 is 15.9 Å². The number of hydrogen-bond donors (Lipinski definition) is 1. The molecule has 2 fully saturated rings. The lowest BCUT2D eigenvalue weighted by Gasteiger charge is -2.31. The normalized spacial score (nSPS) is 19.1. The SMILES string of the molecule is CCOC(=O)C1CCN(C(=O)c2cc(S(=O)(=O)N3CCOCC3)ccc2O)CC1. The van der Waals surface area contributed by atoms with Gasteiger partial charge in [-0.15, -0.1) is 0 Å². The first-order valence-electron chi connectivity index (χ1n) is 9.71. The summed E-state index contributed by atoms with van der Waals surface area (Å²) >= 11 is 0. The Morgan fingerprint density at radius 2 is 1.83 bits per heavy atom. The molecule has 0 bridgehead atoms. The number of rotatable bonds is 5. The maximum absolute atomic E-state index is 12.9. The highest BCUT2D eigenvalue weighted by molar-refractivity contribution is 7.89. The van der Waals surface area contributed by atoms with Crippen molar-refractivity contribution in [1.82, 2.24) is 9.21 Å². The minimum atomic E-state index is -3.78. The summed E-state index contributed by atoms with van der Waals surface area (Å²) in [5.74, 6) is -1.24. The van der Waals surface area contributed by atoms with Crippen LogP contribution in [0.2, 0.25) is 0 Å². The molecule has 3 rings (SSSR count). The number of amides is 1. The predicted molar refractivity (Wildman–Crippen MR) is 103 cm³/mol. The quantitative estimate of drug-likeness (QED) is 0.694. The van der Waals surface area contributed by atoms with Gasteiger partial charge >= 0.3 is 5.97 Å². The number of carbonyl (C=O) groups excluding carboxylic acids is 2. The molecule has 0 saturated carbocycles. The third-order valence-corrected chi connectivity index (χ3v) is 7.10. The van der Waals surface area contributed by atoms with Crippen molar-refractivity contribution in [1.29, 1.82) is 0 Å². The first-order chi connectivity index (χ1) is 13.8. The third kappa shape index (κ3) is 4.71. The molecule has 0 unspecified atom stereocenters. The molecular weight excluding hydrogens is 400 g/mol. The predicted octanol–water partition coefficient (Wildman–Crippen LogP) is 0.828. The summed E-state index contributed by atoms with van der Waals surface area (Å²) < 4.78 is 37.2. The number of phenols is 1. The molecule has 0 aliphatic carbocycles. The summed E-state index contributed by atoms with van der Waals surface area (Å²) in [6.45, 7) is 3.86. The Bertz CT molecular complexity index is 857. The minimum Gasteiger partial charge on any atom is -0.507 e. The summed E-state index contributed by atoms with van der Waals surface area (Å²) in [7, 11) is -3.78. The van der Waals surface area contributed by atoms with E-state index in [2.05, 4.69) is 0 Å². The van der Waals surface area contributed by atoms with E-state index in [1.54, 1.807) is 6.92 Å². The lowest BCUT2D eigenvalue weighted by atomic mass is 9.96. The largest absolute Gasteiger partial charge is 0.507 e. The Balaban J connectivity index is 1.75.